The van der Waals surface area contributed by atoms with Crippen LogP contribution in [-0.2, 0) is 19.1 Å². The Morgan fingerprint density at radius 1 is 1.13 bits per heavy atom. The van der Waals surface area contributed by atoms with Gasteiger partial charge in [0.2, 0.25) is 0 Å². The fourth-order valence-electron chi connectivity index (χ4n) is 9.48. The van der Waals surface area contributed by atoms with Gasteiger partial charge in [0.1, 0.15) is 5.78 Å². The van der Waals surface area contributed by atoms with E-state index in [0.717, 1.165) is 32.3 Å². The second kappa shape index (κ2) is 6.53. The standard InChI is InChI=1S/C27H38O4/c1-15-7-10-27(30-14-15)16(2)23-22(31-27)12-20-19-6-5-17-11-18(28)8-9-25(17,3)24(19)21(29)13-26(20,23)4/h8-9,15-17,19-20,22-24H,5-7,10-14H2,1-4H3/t15-,16+,17+,19+,20+,22+,23+,24-,25+,26+,27-/m1/s1/i8+2. The highest BCUT2D eigenvalue weighted by Crippen LogP contribution is 2.70. The van der Waals surface area contributed by atoms with E-state index in [-0.39, 0.29) is 28.6 Å². The lowest BCUT2D eigenvalue weighted by Gasteiger charge is -2.58. The fraction of sp³-hybridized carbons (Fsp3) is 0.852. The van der Waals surface area contributed by atoms with Crippen LogP contribution in [0.3, 0.4) is 0 Å². The minimum absolute atomic E-state index is 0.00958. The maximum absolute atomic E-state index is 13.8. The largest absolute Gasteiger partial charge is 0.349 e. The van der Waals surface area contributed by atoms with Crippen LogP contribution < -0.4 is 0 Å². The molecule has 31 heavy (non-hydrogen) atoms. The van der Waals surface area contributed by atoms with Gasteiger partial charge in [0.05, 0.1) is 12.7 Å². The molecule has 1 spiro atoms. The molecule has 2 aliphatic heterocycles. The van der Waals surface area contributed by atoms with Gasteiger partial charge in [-0.05, 0) is 72.2 Å². The van der Waals surface area contributed by atoms with Crippen LogP contribution in [0.15, 0.2) is 12.2 Å². The highest BCUT2D eigenvalue weighted by atomic mass is 16.7. The highest BCUT2D eigenvalue weighted by Gasteiger charge is 2.70. The van der Waals surface area contributed by atoms with Crippen molar-refractivity contribution in [2.75, 3.05) is 6.61 Å². The molecule has 6 aliphatic rings. The molecule has 0 N–H and O–H groups in total. The van der Waals surface area contributed by atoms with Crippen molar-refractivity contribution in [2.24, 2.45) is 52.3 Å². The SMILES string of the molecule is C[C@@H]1CC[C@@]2(OC1)O[C@H]1C[C@H]3[C@@H]4CC[C@H]5CC(=O)[14CH]=C[C@]5(C)[C@H]4C(=O)C[C@]3(C)[C@H]1[C@@H]2C. The zero-order valence-electron chi connectivity index (χ0n) is 19.6. The van der Waals surface area contributed by atoms with Crippen molar-refractivity contribution in [3.63, 3.8) is 0 Å². The van der Waals surface area contributed by atoms with Crippen LogP contribution in [-0.4, -0.2) is 30.1 Å². The lowest BCUT2D eigenvalue weighted by Crippen LogP contribution is -2.57. The van der Waals surface area contributed by atoms with E-state index in [1.165, 1.54) is 6.42 Å². The third kappa shape index (κ3) is 2.61. The molecule has 3 saturated carbocycles. The van der Waals surface area contributed by atoms with Gasteiger partial charge in [-0.25, -0.2) is 0 Å². The summed E-state index contributed by atoms with van der Waals surface area (Å²) in [5.41, 5.74) is -0.140. The summed E-state index contributed by atoms with van der Waals surface area (Å²) in [6.07, 6.45) is 10.8. The van der Waals surface area contributed by atoms with Crippen LogP contribution in [0.4, 0.5) is 0 Å². The minimum Gasteiger partial charge on any atom is -0.349 e. The van der Waals surface area contributed by atoms with E-state index in [4.69, 9.17) is 9.47 Å². The number of rotatable bonds is 0. The second-order valence-corrected chi connectivity index (χ2v) is 12.5. The Morgan fingerprint density at radius 3 is 2.68 bits per heavy atom. The number of carbonyl (C=O) groups is 2. The lowest BCUT2D eigenvalue weighted by atomic mass is 9.45. The topological polar surface area (TPSA) is 52.6 Å². The van der Waals surface area contributed by atoms with Crippen LogP contribution in [0.2, 0.25) is 0 Å². The van der Waals surface area contributed by atoms with Crippen LogP contribution in [0, 0.1) is 52.3 Å². The first-order valence-electron chi connectivity index (χ1n) is 12.7. The summed E-state index contributed by atoms with van der Waals surface area (Å²) < 4.78 is 13.2. The summed E-state index contributed by atoms with van der Waals surface area (Å²) in [7, 11) is 0. The van der Waals surface area contributed by atoms with Gasteiger partial charge in [-0.2, -0.15) is 0 Å². The van der Waals surface area contributed by atoms with Gasteiger partial charge in [-0.15, -0.1) is 0 Å². The van der Waals surface area contributed by atoms with Gasteiger partial charge in [0.15, 0.2) is 11.6 Å². The molecule has 4 aliphatic carbocycles. The molecule has 0 bridgehead atoms. The van der Waals surface area contributed by atoms with Gasteiger partial charge in [0, 0.05) is 31.1 Å². The number of ketones is 2. The third-order valence-corrected chi connectivity index (χ3v) is 11.0. The lowest BCUT2D eigenvalue weighted by molar-refractivity contribution is -0.272. The van der Waals surface area contributed by atoms with Gasteiger partial charge in [-0.3, -0.25) is 9.59 Å². The van der Waals surface area contributed by atoms with Gasteiger partial charge < -0.3 is 9.47 Å². The quantitative estimate of drug-likeness (QED) is 0.547. The second-order valence-electron chi connectivity index (χ2n) is 12.5. The third-order valence-electron chi connectivity index (χ3n) is 11.0. The summed E-state index contributed by atoms with van der Waals surface area (Å²) in [6, 6.07) is 0. The van der Waals surface area contributed by atoms with E-state index in [1.54, 1.807) is 6.08 Å². The molecular weight excluding hydrogens is 390 g/mol. The van der Waals surface area contributed by atoms with E-state index in [1.807, 2.05) is 0 Å². The van der Waals surface area contributed by atoms with E-state index >= 15 is 0 Å². The van der Waals surface area contributed by atoms with E-state index in [0.29, 0.717) is 54.1 Å². The monoisotopic (exact) mass is 428 g/mol. The van der Waals surface area contributed by atoms with E-state index in [9.17, 15) is 9.59 Å². The Balaban J connectivity index is 1.32. The van der Waals surface area contributed by atoms with Crippen molar-refractivity contribution in [1.82, 2.24) is 0 Å². The Bertz CT molecular complexity index is 838. The molecule has 0 unspecified atom stereocenters. The van der Waals surface area contributed by atoms with Gasteiger partial charge in [-0.1, -0.05) is 33.8 Å². The summed E-state index contributed by atoms with van der Waals surface area (Å²) in [4.78, 5) is 25.9. The number of fused-ring (bicyclic) bond motifs is 7. The molecule has 0 radical (unpaired) electrons. The maximum atomic E-state index is 13.8. The van der Waals surface area contributed by atoms with Crippen molar-refractivity contribution in [1.29, 1.82) is 0 Å². The summed E-state index contributed by atoms with van der Waals surface area (Å²) in [6.45, 7) is 10.0. The molecule has 170 valence electrons. The molecule has 6 rings (SSSR count). The average Bonchev–Trinajstić information content (AvgIpc) is 3.15. The Kier molecular flexibility index (Phi) is 4.34. The zero-order chi connectivity index (χ0) is 21.8. The van der Waals surface area contributed by atoms with Crippen LogP contribution in [0.1, 0.15) is 72.6 Å². The van der Waals surface area contributed by atoms with Crippen molar-refractivity contribution in [3.8, 4) is 0 Å². The summed E-state index contributed by atoms with van der Waals surface area (Å²) in [5, 5.41) is 0. The first kappa shape index (κ1) is 20.6. The summed E-state index contributed by atoms with van der Waals surface area (Å²) in [5.74, 6) is 2.97. The molecule has 4 heteroatoms. The smallest absolute Gasteiger partial charge is 0.171 e. The normalized spacial score (nSPS) is 58.1. The zero-order valence-corrected chi connectivity index (χ0v) is 19.6. The number of carbonyl (C=O) groups excluding carboxylic acids is 2. The molecule has 5 fully saturated rings. The number of Topliss-reactive ketones (excluding diaryl/α,β-unsaturated/α-hetero) is 1. The molecule has 0 aromatic carbocycles. The highest BCUT2D eigenvalue weighted by molar-refractivity contribution is 5.92. The minimum atomic E-state index is -0.425. The van der Waals surface area contributed by atoms with Crippen LogP contribution >= 0.6 is 0 Å². The molecule has 2 saturated heterocycles. The predicted octanol–water partition coefficient (Wildman–Crippen LogP) is 4.96. The molecule has 0 aromatic rings. The Morgan fingerprint density at radius 2 is 1.94 bits per heavy atom. The van der Waals surface area contributed by atoms with Gasteiger partial charge >= 0.3 is 0 Å². The van der Waals surface area contributed by atoms with Crippen LogP contribution in [0.25, 0.3) is 0 Å². The first-order chi connectivity index (χ1) is 14.7. The number of hydrogen-bond acceptors (Lipinski definition) is 4. The molecule has 0 amide bonds. The average molecular weight is 429 g/mol. The Labute approximate surface area is 186 Å². The van der Waals surface area contributed by atoms with E-state index < -0.39 is 5.79 Å². The molecule has 4 nitrogen and oxygen atoms in total. The van der Waals surface area contributed by atoms with Gasteiger partial charge in [0.25, 0.3) is 0 Å². The fourth-order valence-corrected chi connectivity index (χ4v) is 9.48. The number of ether oxygens (including phenoxy) is 2. The molecular formula is C27H38O4. The Hall–Kier alpha value is -1.00. The van der Waals surface area contributed by atoms with Crippen LogP contribution in [0.5, 0.6) is 0 Å². The van der Waals surface area contributed by atoms with Crippen molar-refractivity contribution < 1.29 is 19.1 Å². The predicted molar refractivity (Wildman–Crippen MR) is 117 cm³/mol. The number of allylic oxidation sites excluding steroid dienone is 2. The van der Waals surface area contributed by atoms with E-state index in [2.05, 4.69) is 33.8 Å². The molecule has 11 atom stereocenters. The number of hydrogen-bond donors (Lipinski definition) is 0. The van der Waals surface area contributed by atoms with Crippen molar-refractivity contribution in [2.45, 2.75) is 84.5 Å². The van der Waals surface area contributed by atoms with Crippen molar-refractivity contribution >= 4 is 11.6 Å². The molecule has 0 aromatic heterocycles. The summed E-state index contributed by atoms with van der Waals surface area (Å²) >= 11 is 0. The molecule has 2 heterocycles. The first-order valence-corrected chi connectivity index (χ1v) is 12.7. The maximum Gasteiger partial charge on any atom is 0.171 e. The van der Waals surface area contributed by atoms with Crippen molar-refractivity contribution in [3.05, 3.63) is 12.2 Å².